The minimum atomic E-state index is 0.180. The number of thioether (sulfide) groups is 1. The number of nitrogens with one attached hydrogen (secondary N) is 1. The number of piperazine rings is 1. The van der Waals surface area contributed by atoms with Crippen LogP contribution < -0.4 is 9.64 Å². The summed E-state index contributed by atoms with van der Waals surface area (Å²) in [6.07, 6.45) is 10.4. The van der Waals surface area contributed by atoms with Crippen molar-refractivity contribution in [1.82, 2.24) is 14.8 Å². The summed E-state index contributed by atoms with van der Waals surface area (Å²) in [7, 11) is 0. The van der Waals surface area contributed by atoms with Crippen LogP contribution in [0.4, 0.5) is 5.69 Å². The standard InChI is InChI=1S/C35H45N5O2S/c1-24(38-16-18-39(19-17-38)25(2)41)32-23-43-35(37-32)31-21-26-20-30(42-29-14-4-3-5-15-29)22-33(34(26)36-31)40(27-10-6-7-11-27)28-12-8-9-13-28/h3-5,14-15,20-22,24,27-28,32,36H,6-13,16-19,23H2,1-2H3/t24?,32-/m1/s1. The lowest BCUT2D eigenvalue weighted by molar-refractivity contribution is -0.130. The van der Waals surface area contributed by atoms with E-state index in [0.717, 1.165) is 54.2 Å². The van der Waals surface area contributed by atoms with Gasteiger partial charge in [-0.25, -0.2) is 0 Å². The van der Waals surface area contributed by atoms with E-state index in [2.05, 4.69) is 39.9 Å². The molecule has 1 unspecified atom stereocenters. The molecule has 7 rings (SSSR count). The van der Waals surface area contributed by atoms with Gasteiger partial charge < -0.3 is 19.5 Å². The van der Waals surface area contributed by atoms with Crippen LogP contribution in [0.3, 0.4) is 0 Å². The molecule has 2 aliphatic carbocycles. The fourth-order valence-corrected chi connectivity index (χ4v) is 8.89. The maximum atomic E-state index is 11.8. The summed E-state index contributed by atoms with van der Waals surface area (Å²) in [5.41, 5.74) is 3.63. The predicted molar refractivity (Wildman–Crippen MR) is 178 cm³/mol. The minimum Gasteiger partial charge on any atom is -0.457 e. The Hall–Kier alpha value is -2.97. The van der Waals surface area contributed by atoms with Crippen molar-refractivity contribution in [2.75, 3.05) is 36.8 Å². The van der Waals surface area contributed by atoms with E-state index in [9.17, 15) is 4.79 Å². The molecular formula is C35H45N5O2S. The van der Waals surface area contributed by atoms with Gasteiger partial charge in [0, 0.05) is 68.4 Å². The van der Waals surface area contributed by atoms with Gasteiger partial charge in [-0.15, -0.1) is 11.8 Å². The van der Waals surface area contributed by atoms with Crippen LogP contribution in [0.15, 0.2) is 53.5 Å². The zero-order valence-electron chi connectivity index (χ0n) is 25.6. The number of amides is 1. The molecule has 1 amide bonds. The lowest BCUT2D eigenvalue weighted by atomic mass is 10.1. The van der Waals surface area contributed by atoms with Crippen molar-refractivity contribution in [2.24, 2.45) is 4.99 Å². The SMILES string of the molecule is CC(=O)N1CCN(C(C)[C@H]2CSC(c3cc4cc(Oc5ccccc5)cc(N(C5CCCC5)C5CCCC5)c4[nH]3)=N2)CC1. The number of H-pyrrole nitrogens is 1. The number of hydrogen-bond donors (Lipinski definition) is 1. The largest absolute Gasteiger partial charge is 0.457 e. The Morgan fingerprint density at radius 1 is 0.953 bits per heavy atom. The first-order valence-electron chi connectivity index (χ1n) is 16.4. The number of aromatic amines is 1. The van der Waals surface area contributed by atoms with Crippen molar-refractivity contribution in [3.63, 3.8) is 0 Å². The Labute approximate surface area is 260 Å². The first kappa shape index (κ1) is 28.8. The van der Waals surface area contributed by atoms with Crippen molar-refractivity contribution < 1.29 is 9.53 Å². The number of rotatable bonds is 8. The van der Waals surface area contributed by atoms with E-state index in [-0.39, 0.29) is 11.9 Å². The van der Waals surface area contributed by atoms with E-state index < -0.39 is 0 Å². The molecule has 8 heteroatoms. The molecule has 2 saturated carbocycles. The van der Waals surface area contributed by atoms with Gasteiger partial charge in [-0.3, -0.25) is 14.7 Å². The van der Waals surface area contributed by atoms with Gasteiger partial charge in [0.15, 0.2) is 0 Å². The number of carbonyl (C=O) groups is 1. The minimum absolute atomic E-state index is 0.180. The molecule has 1 saturated heterocycles. The Bertz CT molecular complexity index is 1440. The van der Waals surface area contributed by atoms with Gasteiger partial charge in [0.25, 0.3) is 0 Å². The first-order chi connectivity index (χ1) is 21.0. The summed E-state index contributed by atoms with van der Waals surface area (Å²) in [6.45, 7) is 7.44. The Balaban J connectivity index is 1.21. The van der Waals surface area contributed by atoms with E-state index >= 15 is 0 Å². The summed E-state index contributed by atoms with van der Waals surface area (Å²) in [5.74, 6) is 2.94. The molecule has 3 aromatic rings. The number of ether oxygens (including phenoxy) is 1. The number of anilines is 1. The van der Waals surface area contributed by atoms with Crippen LogP contribution >= 0.6 is 11.8 Å². The molecule has 228 valence electrons. The van der Waals surface area contributed by atoms with Gasteiger partial charge in [-0.05, 0) is 56.9 Å². The Morgan fingerprint density at radius 3 is 2.28 bits per heavy atom. The van der Waals surface area contributed by atoms with E-state index in [1.54, 1.807) is 6.92 Å². The first-order valence-corrected chi connectivity index (χ1v) is 17.4. The van der Waals surface area contributed by atoms with Crippen molar-refractivity contribution >= 4 is 39.3 Å². The van der Waals surface area contributed by atoms with E-state index in [1.165, 1.54) is 68.0 Å². The number of hydrogen-bond acceptors (Lipinski definition) is 6. The molecule has 43 heavy (non-hydrogen) atoms. The van der Waals surface area contributed by atoms with Crippen LogP contribution in [0.25, 0.3) is 10.9 Å². The van der Waals surface area contributed by atoms with E-state index in [4.69, 9.17) is 9.73 Å². The highest BCUT2D eigenvalue weighted by molar-refractivity contribution is 8.14. The maximum Gasteiger partial charge on any atom is 0.219 e. The zero-order chi connectivity index (χ0) is 29.3. The predicted octanol–water partition coefficient (Wildman–Crippen LogP) is 7.07. The number of aromatic nitrogens is 1. The zero-order valence-corrected chi connectivity index (χ0v) is 26.5. The van der Waals surface area contributed by atoms with E-state index in [0.29, 0.717) is 18.1 Å². The lowest BCUT2D eigenvalue weighted by Crippen LogP contribution is -2.53. The van der Waals surface area contributed by atoms with Gasteiger partial charge in [0.05, 0.1) is 22.9 Å². The number of fused-ring (bicyclic) bond motifs is 1. The molecule has 2 aromatic carbocycles. The van der Waals surface area contributed by atoms with Crippen molar-refractivity contribution in [3.05, 3.63) is 54.2 Å². The van der Waals surface area contributed by atoms with Crippen LogP contribution in [-0.4, -0.2) is 81.8 Å². The summed E-state index contributed by atoms with van der Waals surface area (Å²) in [6, 6.07) is 18.7. The van der Waals surface area contributed by atoms with Crippen LogP contribution in [0.5, 0.6) is 11.5 Å². The third-order valence-electron chi connectivity index (χ3n) is 10.2. The maximum absolute atomic E-state index is 11.8. The topological polar surface area (TPSA) is 64.2 Å². The molecule has 0 bridgehead atoms. The van der Waals surface area contributed by atoms with Crippen LogP contribution in [0.2, 0.25) is 0 Å². The highest BCUT2D eigenvalue weighted by Crippen LogP contribution is 2.42. The average Bonchev–Trinajstić information content (AvgIpc) is 3.85. The normalized spacial score (nSPS) is 22.8. The molecule has 7 nitrogen and oxygen atoms in total. The molecule has 1 aromatic heterocycles. The van der Waals surface area contributed by atoms with Crippen LogP contribution in [0.1, 0.15) is 70.9 Å². The lowest BCUT2D eigenvalue weighted by Gasteiger charge is -2.39. The molecule has 2 atom stereocenters. The van der Waals surface area contributed by atoms with Gasteiger partial charge in [-0.2, -0.15) is 0 Å². The van der Waals surface area contributed by atoms with Gasteiger partial charge in [0.1, 0.15) is 16.5 Å². The number of aliphatic imine (C=N–C) groups is 1. The molecular weight excluding hydrogens is 554 g/mol. The molecule has 3 fully saturated rings. The Morgan fingerprint density at radius 2 is 1.63 bits per heavy atom. The second-order valence-electron chi connectivity index (χ2n) is 12.9. The highest BCUT2D eigenvalue weighted by Gasteiger charge is 2.34. The third-order valence-corrected chi connectivity index (χ3v) is 11.3. The smallest absolute Gasteiger partial charge is 0.219 e. The van der Waals surface area contributed by atoms with Crippen molar-refractivity contribution in [3.8, 4) is 11.5 Å². The number of benzene rings is 2. The molecule has 0 spiro atoms. The second kappa shape index (κ2) is 12.6. The van der Waals surface area contributed by atoms with Gasteiger partial charge in [-0.1, -0.05) is 43.9 Å². The van der Waals surface area contributed by atoms with Crippen molar-refractivity contribution in [2.45, 2.75) is 89.4 Å². The summed E-state index contributed by atoms with van der Waals surface area (Å²) >= 11 is 1.87. The molecule has 3 heterocycles. The summed E-state index contributed by atoms with van der Waals surface area (Å²) in [5, 5.41) is 2.31. The monoisotopic (exact) mass is 599 g/mol. The fraction of sp³-hybridized carbons (Fsp3) is 0.543. The summed E-state index contributed by atoms with van der Waals surface area (Å²) < 4.78 is 6.47. The van der Waals surface area contributed by atoms with Crippen LogP contribution in [0, 0.1) is 0 Å². The van der Waals surface area contributed by atoms with Crippen LogP contribution in [-0.2, 0) is 4.79 Å². The highest BCUT2D eigenvalue weighted by atomic mass is 32.2. The van der Waals surface area contributed by atoms with E-state index in [1.807, 2.05) is 47.0 Å². The number of carbonyl (C=O) groups excluding carboxylic acids is 1. The Kier molecular flexibility index (Phi) is 8.41. The third kappa shape index (κ3) is 6.05. The van der Waals surface area contributed by atoms with Crippen molar-refractivity contribution in [1.29, 1.82) is 0 Å². The second-order valence-corrected chi connectivity index (χ2v) is 13.9. The van der Waals surface area contributed by atoms with Gasteiger partial charge >= 0.3 is 0 Å². The molecule has 1 N–H and O–H groups in total. The fourth-order valence-electron chi connectivity index (χ4n) is 7.73. The molecule has 0 radical (unpaired) electrons. The number of nitrogens with zero attached hydrogens (tertiary/aromatic N) is 4. The summed E-state index contributed by atoms with van der Waals surface area (Å²) in [4.78, 5) is 28.2. The molecule has 2 aliphatic heterocycles. The van der Waals surface area contributed by atoms with Gasteiger partial charge in [0.2, 0.25) is 5.91 Å². The molecule has 4 aliphatic rings. The average molecular weight is 600 g/mol. The number of para-hydroxylation sites is 1. The quantitative estimate of drug-likeness (QED) is 0.300.